The fourth-order valence-corrected chi connectivity index (χ4v) is 2.99. The second-order valence-corrected chi connectivity index (χ2v) is 6.54. The molecule has 0 aliphatic carbocycles. The lowest BCUT2D eigenvalue weighted by Crippen LogP contribution is -2.02. The highest BCUT2D eigenvalue weighted by molar-refractivity contribution is 8.00. The fraction of sp³-hybridized carbons (Fsp3) is 0.167. The zero-order chi connectivity index (χ0) is 16.2. The number of thioether (sulfide) groups is 1. The van der Waals surface area contributed by atoms with Gasteiger partial charge in [0.1, 0.15) is 0 Å². The number of nitrogens with zero attached hydrogens (tertiary/aromatic N) is 4. The topological polar surface area (TPSA) is 54.5 Å². The van der Waals surface area contributed by atoms with Crippen molar-refractivity contribution < 1.29 is 0 Å². The molecule has 0 radical (unpaired) electrons. The van der Waals surface area contributed by atoms with Gasteiger partial charge in [-0.15, -0.1) is 10.2 Å². The molecule has 23 heavy (non-hydrogen) atoms. The first-order valence-electron chi connectivity index (χ1n) is 7.33. The molecule has 0 bridgehead atoms. The van der Waals surface area contributed by atoms with Crippen molar-refractivity contribution in [2.45, 2.75) is 24.3 Å². The molecule has 1 atom stereocenters. The third-order valence-corrected chi connectivity index (χ3v) is 4.36. The van der Waals surface area contributed by atoms with Crippen LogP contribution in [0, 0.1) is 18.3 Å². The van der Waals surface area contributed by atoms with Crippen LogP contribution in [0.3, 0.4) is 0 Å². The van der Waals surface area contributed by atoms with Gasteiger partial charge in [-0.1, -0.05) is 59.8 Å². The second-order valence-electron chi connectivity index (χ2n) is 5.23. The zero-order valence-electron chi connectivity index (χ0n) is 13.0. The summed E-state index contributed by atoms with van der Waals surface area (Å²) in [6, 6.07) is 20.4. The minimum absolute atomic E-state index is 0.188. The number of nitriles is 1. The molecule has 0 aliphatic rings. The van der Waals surface area contributed by atoms with E-state index in [-0.39, 0.29) is 5.25 Å². The molecule has 1 unspecified atom stereocenters. The van der Waals surface area contributed by atoms with E-state index >= 15 is 0 Å². The zero-order valence-corrected chi connectivity index (χ0v) is 13.8. The molecule has 4 nitrogen and oxygen atoms in total. The molecule has 0 spiro atoms. The van der Waals surface area contributed by atoms with E-state index in [0.717, 1.165) is 22.2 Å². The highest BCUT2D eigenvalue weighted by Crippen LogP contribution is 2.29. The molecule has 0 saturated carbocycles. The van der Waals surface area contributed by atoms with Crippen LogP contribution < -0.4 is 0 Å². The minimum atomic E-state index is -0.188. The van der Waals surface area contributed by atoms with Crippen LogP contribution in [0.25, 0.3) is 17.1 Å². The Hall–Kier alpha value is -2.58. The van der Waals surface area contributed by atoms with Crippen LogP contribution in [0.4, 0.5) is 0 Å². The lowest BCUT2D eigenvalue weighted by Gasteiger charge is -2.11. The van der Waals surface area contributed by atoms with Gasteiger partial charge in [-0.2, -0.15) is 5.26 Å². The standard InChI is InChI=1S/C18H16N4S/c1-13-8-10-16(11-9-13)22-17(15-6-4-3-5-7-15)20-21-18(22)23-14(2)12-19/h3-11,14H,1-2H3. The second kappa shape index (κ2) is 6.67. The maximum Gasteiger partial charge on any atom is 0.197 e. The van der Waals surface area contributed by atoms with Crippen LogP contribution in [-0.2, 0) is 0 Å². The Balaban J connectivity index is 2.14. The molecule has 2 aromatic carbocycles. The largest absolute Gasteiger partial charge is 0.270 e. The van der Waals surface area contributed by atoms with Gasteiger partial charge in [0.25, 0.3) is 0 Å². The van der Waals surface area contributed by atoms with Gasteiger partial charge in [-0.05, 0) is 26.0 Å². The highest BCUT2D eigenvalue weighted by Gasteiger charge is 2.17. The van der Waals surface area contributed by atoms with Crippen molar-refractivity contribution in [3.8, 4) is 23.1 Å². The van der Waals surface area contributed by atoms with E-state index in [2.05, 4.69) is 35.3 Å². The summed E-state index contributed by atoms with van der Waals surface area (Å²) in [7, 11) is 0. The van der Waals surface area contributed by atoms with Gasteiger partial charge in [-0.3, -0.25) is 4.57 Å². The number of hydrogen-bond acceptors (Lipinski definition) is 4. The highest BCUT2D eigenvalue weighted by atomic mass is 32.2. The van der Waals surface area contributed by atoms with E-state index in [9.17, 15) is 0 Å². The van der Waals surface area contributed by atoms with Crippen molar-refractivity contribution in [2.75, 3.05) is 0 Å². The lowest BCUT2D eigenvalue weighted by atomic mass is 10.2. The molecule has 0 saturated heterocycles. The predicted octanol–water partition coefficient (Wildman–Crippen LogP) is 4.25. The molecule has 3 rings (SSSR count). The third-order valence-electron chi connectivity index (χ3n) is 3.42. The number of hydrogen-bond donors (Lipinski definition) is 0. The molecule has 1 aromatic heterocycles. The van der Waals surface area contributed by atoms with E-state index in [1.54, 1.807) is 0 Å². The van der Waals surface area contributed by atoms with Crippen molar-refractivity contribution in [3.63, 3.8) is 0 Å². The molecule has 5 heteroatoms. The molecule has 1 heterocycles. The van der Waals surface area contributed by atoms with Crippen LogP contribution in [0.2, 0.25) is 0 Å². The quantitative estimate of drug-likeness (QED) is 0.674. The van der Waals surface area contributed by atoms with Crippen molar-refractivity contribution in [1.29, 1.82) is 5.26 Å². The Morgan fingerprint density at radius 2 is 1.74 bits per heavy atom. The smallest absolute Gasteiger partial charge is 0.197 e. The maximum absolute atomic E-state index is 9.09. The van der Waals surface area contributed by atoms with Crippen molar-refractivity contribution >= 4 is 11.8 Å². The van der Waals surface area contributed by atoms with Crippen molar-refractivity contribution in [1.82, 2.24) is 14.8 Å². The van der Waals surface area contributed by atoms with E-state index in [0.29, 0.717) is 0 Å². The summed E-state index contributed by atoms with van der Waals surface area (Å²) in [6.07, 6.45) is 0. The molecule has 114 valence electrons. The van der Waals surface area contributed by atoms with Crippen LogP contribution in [0.5, 0.6) is 0 Å². The average molecular weight is 320 g/mol. The molecule has 3 aromatic rings. The molecular formula is C18H16N4S. The van der Waals surface area contributed by atoms with Crippen LogP contribution >= 0.6 is 11.8 Å². The van der Waals surface area contributed by atoms with Gasteiger partial charge in [-0.25, -0.2) is 0 Å². The monoisotopic (exact) mass is 320 g/mol. The van der Waals surface area contributed by atoms with Gasteiger partial charge in [0.2, 0.25) is 0 Å². The molecule has 0 aliphatic heterocycles. The number of aryl methyl sites for hydroxylation is 1. The Bertz CT molecular complexity index is 832. The van der Waals surface area contributed by atoms with Crippen LogP contribution in [-0.4, -0.2) is 20.0 Å². The van der Waals surface area contributed by atoms with Gasteiger partial charge < -0.3 is 0 Å². The van der Waals surface area contributed by atoms with E-state index in [1.807, 2.05) is 54.0 Å². The first-order chi connectivity index (χ1) is 11.2. The summed E-state index contributed by atoms with van der Waals surface area (Å²) in [5.74, 6) is 0.780. The molecular weight excluding hydrogens is 304 g/mol. The number of benzene rings is 2. The first kappa shape index (κ1) is 15.3. The van der Waals surface area contributed by atoms with E-state index in [1.165, 1.54) is 17.3 Å². The minimum Gasteiger partial charge on any atom is -0.270 e. The molecule has 0 fully saturated rings. The number of rotatable bonds is 4. The fourth-order valence-electron chi connectivity index (χ4n) is 2.23. The van der Waals surface area contributed by atoms with E-state index in [4.69, 9.17) is 5.26 Å². The number of aromatic nitrogens is 3. The van der Waals surface area contributed by atoms with E-state index < -0.39 is 0 Å². The van der Waals surface area contributed by atoms with Crippen LogP contribution in [0.1, 0.15) is 12.5 Å². The Morgan fingerprint density at radius 3 is 2.39 bits per heavy atom. The maximum atomic E-state index is 9.09. The predicted molar refractivity (Wildman–Crippen MR) is 92.5 cm³/mol. The summed E-state index contributed by atoms with van der Waals surface area (Å²) in [5, 5.41) is 18.3. The van der Waals surface area contributed by atoms with Gasteiger partial charge in [0, 0.05) is 11.3 Å². The normalized spacial score (nSPS) is 11.9. The SMILES string of the molecule is Cc1ccc(-n2c(SC(C)C#N)nnc2-c2ccccc2)cc1. The lowest BCUT2D eigenvalue weighted by molar-refractivity contribution is 0.883. The van der Waals surface area contributed by atoms with Crippen LogP contribution in [0.15, 0.2) is 59.8 Å². The van der Waals surface area contributed by atoms with Gasteiger partial charge >= 0.3 is 0 Å². The summed E-state index contributed by atoms with van der Waals surface area (Å²) < 4.78 is 2.01. The Kier molecular flexibility index (Phi) is 4.45. The molecule has 0 amide bonds. The summed E-state index contributed by atoms with van der Waals surface area (Å²) in [6.45, 7) is 3.92. The van der Waals surface area contributed by atoms with Crippen molar-refractivity contribution in [3.05, 3.63) is 60.2 Å². The third kappa shape index (κ3) is 3.27. The molecule has 0 N–H and O–H groups in total. The van der Waals surface area contributed by atoms with Crippen molar-refractivity contribution in [2.24, 2.45) is 0 Å². The Morgan fingerprint density at radius 1 is 1.04 bits per heavy atom. The van der Waals surface area contributed by atoms with Gasteiger partial charge in [0.05, 0.1) is 11.3 Å². The summed E-state index contributed by atoms with van der Waals surface area (Å²) >= 11 is 1.41. The Labute approximate surface area is 139 Å². The average Bonchev–Trinajstić information content (AvgIpc) is 3.00. The summed E-state index contributed by atoms with van der Waals surface area (Å²) in [4.78, 5) is 0. The van der Waals surface area contributed by atoms with Gasteiger partial charge in [0.15, 0.2) is 11.0 Å². The summed E-state index contributed by atoms with van der Waals surface area (Å²) in [5.41, 5.74) is 3.19. The first-order valence-corrected chi connectivity index (χ1v) is 8.21.